The maximum absolute atomic E-state index is 13.0. The van der Waals surface area contributed by atoms with Gasteiger partial charge in [-0.25, -0.2) is 9.18 Å². The summed E-state index contributed by atoms with van der Waals surface area (Å²) < 4.78 is 13.0. The largest absolute Gasteiger partial charge is 0.335 e. The number of carbonyl (C=O) groups excluding carboxylic acids is 2. The zero-order valence-corrected chi connectivity index (χ0v) is 17.6. The molecule has 0 bridgehead atoms. The summed E-state index contributed by atoms with van der Waals surface area (Å²) in [5.74, 6) is -0.644. The summed E-state index contributed by atoms with van der Waals surface area (Å²) in [6.07, 6.45) is 7.56. The molecular formula is C21H26FN5O2S. The van der Waals surface area contributed by atoms with Gasteiger partial charge in [-0.3, -0.25) is 4.79 Å². The number of piperidine rings is 1. The molecule has 3 amide bonds. The summed E-state index contributed by atoms with van der Waals surface area (Å²) in [5.41, 5.74) is 0.501. The van der Waals surface area contributed by atoms with Crippen LogP contribution in [0.2, 0.25) is 0 Å². The number of hydrogen-bond donors (Lipinski definition) is 2. The van der Waals surface area contributed by atoms with Crippen LogP contribution in [-0.4, -0.2) is 46.2 Å². The van der Waals surface area contributed by atoms with Crippen molar-refractivity contribution in [2.24, 2.45) is 0 Å². The van der Waals surface area contributed by atoms with Crippen molar-refractivity contribution < 1.29 is 14.0 Å². The number of aromatic nitrogens is 2. The Balaban J connectivity index is 1.34. The molecule has 1 aromatic carbocycles. The third kappa shape index (κ3) is 5.13. The molecule has 1 aliphatic heterocycles. The van der Waals surface area contributed by atoms with E-state index in [0.29, 0.717) is 12.2 Å². The van der Waals surface area contributed by atoms with E-state index < -0.39 is 0 Å². The van der Waals surface area contributed by atoms with Crippen molar-refractivity contribution in [3.8, 4) is 0 Å². The molecule has 2 heterocycles. The fraction of sp³-hybridized carbons (Fsp3) is 0.524. The molecule has 2 aliphatic rings. The second-order valence-electron chi connectivity index (χ2n) is 7.98. The van der Waals surface area contributed by atoms with Crippen molar-refractivity contribution in [3.05, 3.63) is 40.1 Å². The Morgan fingerprint density at radius 2 is 1.80 bits per heavy atom. The van der Waals surface area contributed by atoms with Gasteiger partial charge in [-0.2, -0.15) is 0 Å². The summed E-state index contributed by atoms with van der Waals surface area (Å²) in [6, 6.07) is 5.87. The number of halogens is 1. The van der Waals surface area contributed by atoms with E-state index in [9.17, 15) is 14.0 Å². The lowest BCUT2D eigenvalue weighted by atomic mass is 9.95. The monoisotopic (exact) mass is 431 g/mol. The Kier molecular flexibility index (Phi) is 6.56. The van der Waals surface area contributed by atoms with Crippen LogP contribution in [-0.2, 0) is 0 Å². The fourth-order valence-electron chi connectivity index (χ4n) is 4.09. The van der Waals surface area contributed by atoms with Gasteiger partial charge in [0, 0.05) is 30.7 Å². The SMILES string of the molecule is O=C(Nc1ccc(F)cc1)c1nnc(C2CCCN(C(=O)NC3CCCCC3)C2)s1. The van der Waals surface area contributed by atoms with Crippen molar-refractivity contribution in [2.75, 3.05) is 18.4 Å². The minimum Gasteiger partial charge on any atom is -0.335 e. The summed E-state index contributed by atoms with van der Waals surface area (Å²) in [4.78, 5) is 27.0. The number of hydrogen-bond acceptors (Lipinski definition) is 5. The zero-order valence-electron chi connectivity index (χ0n) is 16.8. The third-order valence-corrected chi connectivity index (χ3v) is 6.81. The van der Waals surface area contributed by atoms with Crippen molar-refractivity contribution in [2.45, 2.75) is 56.9 Å². The lowest BCUT2D eigenvalue weighted by Gasteiger charge is -2.33. The van der Waals surface area contributed by atoms with Gasteiger partial charge in [-0.1, -0.05) is 30.6 Å². The van der Waals surface area contributed by atoms with Crippen molar-refractivity contribution >= 4 is 29.0 Å². The molecule has 2 fully saturated rings. The van der Waals surface area contributed by atoms with E-state index in [0.717, 1.165) is 37.2 Å². The second-order valence-corrected chi connectivity index (χ2v) is 8.99. The Hall–Kier alpha value is -2.55. The molecule has 1 atom stereocenters. The van der Waals surface area contributed by atoms with Crippen molar-refractivity contribution in [3.63, 3.8) is 0 Å². The van der Waals surface area contributed by atoms with E-state index in [-0.39, 0.29) is 34.7 Å². The average Bonchev–Trinajstić information content (AvgIpc) is 3.27. The topological polar surface area (TPSA) is 87.2 Å². The highest BCUT2D eigenvalue weighted by Crippen LogP contribution is 2.29. The zero-order chi connectivity index (χ0) is 20.9. The molecule has 2 aromatic rings. The van der Waals surface area contributed by atoms with Crippen LogP contribution in [0.3, 0.4) is 0 Å². The minimum absolute atomic E-state index is 0.00499. The number of likely N-dealkylation sites (tertiary alicyclic amines) is 1. The van der Waals surface area contributed by atoms with Crippen molar-refractivity contribution in [1.82, 2.24) is 20.4 Å². The number of nitrogens with zero attached hydrogens (tertiary/aromatic N) is 3. The predicted octanol–water partition coefficient (Wildman–Crippen LogP) is 4.15. The van der Waals surface area contributed by atoms with E-state index in [4.69, 9.17) is 0 Å². The first kappa shape index (κ1) is 20.7. The van der Waals surface area contributed by atoms with Crippen LogP contribution in [0.15, 0.2) is 24.3 Å². The molecule has 9 heteroatoms. The molecule has 1 unspecified atom stereocenters. The second kappa shape index (κ2) is 9.51. The molecule has 2 N–H and O–H groups in total. The highest BCUT2D eigenvalue weighted by molar-refractivity contribution is 7.13. The standard InChI is InChI=1S/C21H26FN5O2S/c22-15-8-10-17(11-9-15)23-18(28)20-26-25-19(30-20)14-5-4-12-27(13-14)21(29)24-16-6-2-1-3-7-16/h8-11,14,16H,1-7,12-13H2,(H,23,28)(H,24,29). The predicted molar refractivity (Wildman–Crippen MR) is 113 cm³/mol. The van der Waals surface area contributed by atoms with Gasteiger partial charge in [0.05, 0.1) is 0 Å². The molecule has 1 saturated heterocycles. The highest BCUT2D eigenvalue weighted by Gasteiger charge is 2.29. The summed E-state index contributed by atoms with van der Waals surface area (Å²) in [5, 5.41) is 15.2. The maximum Gasteiger partial charge on any atom is 0.317 e. The van der Waals surface area contributed by atoms with Gasteiger partial charge in [0.25, 0.3) is 5.91 Å². The minimum atomic E-state index is -0.368. The average molecular weight is 432 g/mol. The molecule has 1 saturated carbocycles. The number of urea groups is 1. The molecule has 0 spiro atoms. The quantitative estimate of drug-likeness (QED) is 0.761. The molecule has 4 rings (SSSR count). The molecule has 1 aliphatic carbocycles. The fourth-order valence-corrected chi connectivity index (χ4v) is 4.95. The first-order valence-electron chi connectivity index (χ1n) is 10.5. The van der Waals surface area contributed by atoms with Gasteiger partial charge >= 0.3 is 6.03 Å². The number of benzene rings is 1. The Morgan fingerprint density at radius 3 is 2.57 bits per heavy atom. The smallest absolute Gasteiger partial charge is 0.317 e. The highest BCUT2D eigenvalue weighted by atomic mass is 32.1. The van der Waals surface area contributed by atoms with E-state index in [1.54, 1.807) is 0 Å². The lowest BCUT2D eigenvalue weighted by molar-refractivity contribution is 0.102. The number of nitrogens with one attached hydrogen (secondary N) is 2. The van der Waals surface area contributed by atoms with Crippen molar-refractivity contribution in [1.29, 1.82) is 0 Å². The normalized spacial score (nSPS) is 20.0. The molecule has 0 radical (unpaired) electrons. The van der Waals surface area contributed by atoms with Crippen LogP contribution < -0.4 is 10.6 Å². The van der Waals surface area contributed by atoms with Gasteiger partial charge in [0.1, 0.15) is 10.8 Å². The van der Waals surface area contributed by atoms with Gasteiger partial charge in [0.15, 0.2) is 0 Å². The van der Waals surface area contributed by atoms with Crippen LogP contribution in [0.5, 0.6) is 0 Å². The van der Waals surface area contributed by atoms with Gasteiger partial charge in [-0.05, 0) is 49.9 Å². The lowest BCUT2D eigenvalue weighted by Crippen LogP contribution is -2.48. The van der Waals surface area contributed by atoms with Crippen LogP contribution in [0.25, 0.3) is 0 Å². The first-order chi connectivity index (χ1) is 14.6. The van der Waals surface area contributed by atoms with Crippen LogP contribution >= 0.6 is 11.3 Å². The van der Waals surface area contributed by atoms with Gasteiger partial charge in [0.2, 0.25) is 5.01 Å². The van der Waals surface area contributed by atoms with Gasteiger partial charge < -0.3 is 15.5 Å². The van der Waals surface area contributed by atoms with E-state index in [1.165, 1.54) is 54.9 Å². The Bertz CT molecular complexity index is 882. The summed E-state index contributed by atoms with van der Waals surface area (Å²) in [7, 11) is 0. The molecular weight excluding hydrogens is 405 g/mol. The van der Waals surface area contributed by atoms with Crippen LogP contribution in [0.4, 0.5) is 14.9 Å². The van der Waals surface area contributed by atoms with E-state index in [2.05, 4.69) is 20.8 Å². The molecule has 1 aromatic heterocycles. The first-order valence-corrected chi connectivity index (χ1v) is 11.4. The molecule has 7 nitrogen and oxygen atoms in total. The van der Waals surface area contributed by atoms with E-state index >= 15 is 0 Å². The third-order valence-electron chi connectivity index (χ3n) is 5.73. The number of amides is 3. The van der Waals surface area contributed by atoms with Crippen LogP contribution in [0, 0.1) is 5.82 Å². The van der Waals surface area contributed by atoms with Crippen LogP contribution in [0.1, 0.15) is 65.7 Å². The Morgan fingerprint density at radius 1 is 1.03 bits per heavy atom. The van der Waals surface area contributed by atoms with E-state index in [1.807, 2.05) is 4.90 Å². The molecule has 30 heavy (non-hydrogen) atoms. The summed E-state index contributed by atoms with van der Waals surface area (Å²) in [6.45, 7) is 1.33. The van der Waals surface area contributed by atoms with Gasteiger partial charge in [-0.15, -0.1) is 10.2 Å². The Labute approximate surface area is 179 Å². The number of anilines is 1. The number of carbonyl (C=O) groups is 2. The number of rotatable bonds is 4. The maximum atomic E-state index is 13.0. The summed E-state index contributed by atoms with van der Waals surface area (Å²) >= 11 is 1.25. The molecule has 160 valence electrons.